The molecule has 1 rings (SSSR count). The number of hydrogen-bond acceptors (Lipinski definition) is 5. The van der Waals surface area contributed by atoms with Crippen molar-refractivity contribution in [2.75, 3.05) is 12.8 Å². The molecule has 0 saturated carbocycles. The van der Waals surface area contributed by atoms with Crippen molar-refractivity contribution in [2.45, 2.75) is 0 Å². The summed E-state index contributed by atoms with van der Waals surface area (Å²) in [4.78, 5) is 14.6. The molecule has 7 heteroatoms. The molecule has 0 amide bonds. The lowest BCUT2D eigenvalue weighted by Gasteiger charge is -2.05. The van der Waals surface area contributed by atoms with E-state index in [0.29, 0.717) is 4.60 Å². The van der Waals surface area contributed by atoms with Crippen LogP contribution in [0.25, 0.3) is 0 Å². The van der Waals surface area contributed by atoms with Gasteiger partial charge in [0.2, 0.25) is 5.88 Å². The summed E-state index contributed by atoms with van der Waals surface area (Å²) < 4.78 is 9.33. The van der Waals surface area contributed by atoms with Gasteiger partial charge in [-0.1, -0.05) is 11.6 Å². The maximum atomic E-state index is 10.8. The van der Waals surface area contributed by atoms with Gasteiger partial charge >= 0.3 is 6.16 Å². The van der Waals surface area contributed by atoms with Crippen LogP contribution in [0.15, 0.2) is 10.7 Å². The Morgan fingerprint density at radius 1 is 1.71 bits per heavy atom. The number of nitrogens with zero attached hydrogens (tertiary/aromatic N) is 1. The number of carbonyl (C=O) groups is 1. The Kier molecular flexibility index (Phi) is 3.54. The Balaban J connectivity index is 3.02. The first-order valence-corrected chi connectivity index (χ1v) is 4.59. The molecule has 0 unspecified atom stereocenters. The third-order valence-corrected chi connectivity index (χ3v) is 2.06. The molecule has 0 aliphatic carbocycles. The highest BCUT2D eigenvalue weighted by molar-refractivity contribution is 9.10. The van der Waals surface area contributed by atoms with E-state index in [1.54, 1.807) is 0 Å². The van der Waals surface area contributed by atoms with E-state index in [1.165, 1.54) is 13.2 Å². The lowest BCUT2D eigenvalue weighted by molar-refractivity contribution is 0.119. The second kappa shape index (κ2) is 4.47. The highest BCUT2D eigenvalue weighted by Crippen LogP contribution is 2.30. The Bertz CT molecular complexity index is 372. The van der Waals surface area contributed by atoms with Crippen LogP contribution in [-0.2, 0) is 4.74 Å². The van der Waals surface area contributed by atoms with Crippen LogP contribution in [0.2, 0.25) is 5.02 Å². The zero-order chi connectivity index (χ0) is 10.7. The first-order valence-electron chi connectivity index (χ1n) is 3.42. The molecule has 0 aliphatic heterocycles. The van der Waals surface area contributed by atoms with Crippen LogP contribution in [0.3, 0.4) is 0 Å². The van der Waals surface area contributed by atoms with Crippen LogP contribution in [0.4, 0.5) is 10.5 Å². The van der Waals surface area contributed by atoms with Gasteiger partial charge in [0, 0.05) is 0 Å². The van der Waals surface area contributed by atoms with Gasteiger partial charge in [0.15, 0.2) is 0 Å². The van der Waals surface area contributed by atoms with Crippen LogP contribution in [0.1, 0.15) is 0 Å². The highest BCUT2D eigenvalue weighted by atomic mass is 79.9. The van der Waals surface area contributed by atoms with Crippen LogP contribution in [-0.4, -0.2) is 18.2 Å². The quantitative estimate of drug-likeness (QED) is 0.631. The first-order chi connectivity index (χ1) is 6.54. The van der Waals surface area contributed by atoms with Crippen molar-refractivity contribution >= 4 is 39.4 Å². The molecular weight excluding hydrogens is 275 g/mol. The standard InChI is InChI=1S/C7H6BrClN2O3/c1-13-7(12)14-6-5(9)3(10)2-4(8)11-6/h2H,1H3,(H2,10,11). The van der Waals surface area contributed by atoms with Gasteiger partial charge in [-0.05, 0) is 22.0 Å². The maximum Gasteiger partial charge on any atom is 0.514 e. The molecule has 0 saturated heterocycles. The van der Waals surface area contributed by atoms with Crippen molar-refractivity contribution in [3.05, 3.63) is 15.7 Å². The van der Waals surface area contributed by atoms with Crippen LogP contribution in [0.5, 0.6) is 5.88 Å². The van der Waals surface area contributed by atoms with Gasteiger partial charge in [-0.2, -0.15) is 0 Å². The van der Waals surface area contributed by atoms with Gasteiger partial charge in [0.05, 0.1) is 12.8 Å². The second-order valence-electron chi connectivity index (χ2n) is 2.21. The monoisotopic (exact) mass is 280 g/mol. The molecule has 5 nitrogen and oxygen atoms in total. The number of rotatable bonds is 1. The Morgan fingerprint density at radius 3 is 2.93 bits per heavy atom. The predicted octanol–water partition coefficient (Wildman–Crippen LogP) is 2.22. The van der Waals surface area contributed by atoms with E-state index in [0.717, 1.165) is 0 Å². The zero-order valence-corrected chi connectivity index (χ0v) is 9.42. The third kappa shape index (κ3) is 2.49. The SMILES string of the molecule is COC(=O)Oc1nc(Br)cc(N)c1Cl. The van der Waals surface area contributed by atoms with E-state index in [2.05, 4.69) is 30.4 Å². The van der Waals surface area contributed by atoms with Crippen LogP contribution in [0, 0.1) is 0 Å². The molecule has 0 bridgehead atoms. The number of halogens is 2. The average molecular weight is 281 g/mol. The number of anilines is 1. The highest BCUT2D eigenvalue weighted by Gasteiger charge is 2.13. The van der Waals surface area contributed by atoms with Gasteiger partial charge < -0.3 is 15.2 Å². The zero-order valence-electron chi connectivity index (χ0n) is 7.08. The largest absolute Gasteiger partial charge is 0.514 e. The second-order valence-corrected chi connectivity index (χ2v) is 3.40. The minimum Gasteiger partial charge on any atom is -0.437 e. The van der Waals surface area contributed by atoms with E-state index in [-0.39, 0.29) is 16.6 Å². The Labute approximate surface area is 93.3 Å². The number of hydrogen-bond donors (Lipinski definition) is 1. The molecule has 0 radical (unpaired) electrons. The number of nitrogen functional groups attached to an aromatic ring is 1. The molecule has 0 fully saturated rings. The van der Waals surface area contributed by atoms with Crippen molar-refractivity contribution in [3.63, 3.8) is 0 Å². The minimum absolute atomic E-state index is 0.0681. The fourth-order valence-electron chi connectivity index (χ4n) is 0.682. The summed E-state index contributed by atoms with van der Waals surface area (Å²) in [5.74, 6) is -0.0922. The normalized spacial score (nSPS) is 9.64. The Hall–Kier alpha value is -1.01. The molecule has 76 valence electrons. The molecular formula is C7H6BrClN2O3. The lowest BCUT2D eigenvalue weighted by Crippen LogP contribution is -2.09. The number of ether oxygens (including phenoxy) is 2. The summed E-state index contributed by atoms with van der Waals surface area (Å²) in [6, 6.07) is 1.49. The van der Waals surface area contributed by atoms with Gasteiger partial charge in [-0.3, -0.25) is 0 Å². The molecule has 0 spiro atoms. The van der Waals surface area contributed by atoms with Crippen molar-refractivity contribution in [1.29, 1.82) is 0 Å². The van der Waals surface area contributed by atoms with E-state index in [9.17, 15) is 4.79 Å². The molecule has 0 aliphatic rings. The number of methoxy groups -OCH3 is 1. The van der Waals surface area contributed by atoms with Gasteiger partial charge in [0.1, 0.15) is 9.63 Å². The number of aromatic nitrogens is 1. The number of pyridine rings is 1. The van der Waals surface area contributed by atoms with Crippen molar-refractivity contribution in [2.24, 2.45) is 0 Å². The van der Waals surface area contributed by atoms with E-state index in [1.807, 2.05) is 0 Å². The summed E-state index contributed by atoms with van der Waals surface area (Å²) in [5, 5.41) is 0.0681. The molecule has 0 atom stereocenters. The van der Waals surface area contributed by atoms with Crippen LogP contribution < -0.4 is 10.5 Å². The Morgan fingerprint density at radius 2 is 2.36 bits per heavy atom. The summed E-state index contributed by atoms with van der Waals surface area (Å²) >= 11 is 8.80. The van der Waals surface area contributed by atoms with Gasteiger partial charge in [-0.15, -0.1) is 0 Å². The predicted molar refractivity (Wildman–Crippen MR) is 54.4 cm³/mol. The van der Waals surface area contributed by atoms with Crippen molar-refractivity contribution in [3.8, 4) is 5.88 Å². The fourth-order valence-corrected chi connectivity index (χ4v) is 1.22. The topological polar surface area (TPSA) is 74.4 Å². The van der Waals surface area contributed by atoms with Gasteiger partial charge in [-0.25, -0.2) is 9.78 Å². The molecule has 0 aromatic carbocycles. The van der Waals surface area contributed by atoms with Gasteiger partial charge in [0.25, 0.3) is 0 Å². The summed E-state index contributed by atoms with van der Waals surface area (Å²) in [5.41, 5.74) is 5.76. The smallest absolute Gasteiger partial charge is 0.437 e. The minimum atomic E-state index is -0.906. The van der Waals surface area contributed by atoms with E-state index in [4.69, 9.17) is 17.3 Å². The van der Waals surface area contributed by atoms with Crippen LogP contribution >= 0.6 is 27.5 Å². The van der Waals surface area contributed by atoms with Crippen molar-refractivity contribution in [1.82, 2.24) is 4.98 Å². The molecule has 1 aromatic heterocycles. The summed E-state index contributed by atoms with van der Waals surface area (Å²) in [6.07, 6.45) is -0.906. The maximum absolute atomic E-state index is 10.8. The third-order valence-electron chi connectivity index (χ3n) is 1.27. The molecule has 14 heavy (non-hydrogen) atoms. The first kappa shape index (κ1) is 11.1. The number of carbonyl (C=O) groups excluding carboxylic acids is 1. The molecule has 1 aromatic rings. The summed E-state index contributed by atoms with van der Waals surface area (Å²) in [6.45, 7) is 0. The molecule has 1 heterocycles. The van der Waals surface area contributed by atoms with E-state index < -0.39 is 6.16 Å². The fraction of sp³-hybridized carbons (Fsp3) is 0.143. The number of nitrogens with two attached hydrogens (primary N) is 1. The summed E-state index contributed by atoms with van der Waals surface area (Å²) in [7, 11) is 1.18. The average Bonchev–Trinajstić information content (AvgIpc) is 2.13. The van der Waals surface area contributed by atoms with Crippen molar-refractivity contribution < 1.29 is 14.3 Å². The van der Waals surface area contributed by atoms with E-state index >= 15 is 0 Å². The molecule has 2 N–H and O–H groups in total. The lowest BCUT2D eigenvalue weighted by atomic mass is 10.4.